The standard InChI is InChI=1S/C16H32O3/c1-3-4-5-6-7-8-9-12-15(17)13-10-11-14-16(18)19-2/h15,17H,3-14H2,1-2H3. The Balaban J connectivity index is 3.21. The van der Waals surface area contributed by atoms with E-state index < -0.39 is 0 Å². The molecule has 0 aliphatic heterocycles. The summed E-state index contributed by atoms with van der Waals surface area (Å²) >= 11 is 0. The van der Waals surface area contributed by atoms with Gasteiger partial charge >= 0.3 is 5.97 Å². The number of carbonyl (C=O) groups excluding carboxylic acids is 1. The fraction of sp³-hybridized carbons (Fsp3) is 0.938. The number of hydrogen-bond acceptors (Lipinski definition) is 3. The molecule has 1 N–H and O–H groups in total. The average Bonchev–Trinajstić information content (AvgIpc) is 2.42. The minimum Gasteiger partial charge on any atom is -0.469 e. The summed E-state index contributed by atoms with van der Waals surface area (Å²) in [4.78, 5) is 10.9. The molecular formula is C16H32O3. The van der Waals surface area contributed by atoms with E-state index in [0.29, 0.717) is 6.42 Å². The van der Waals surface area contributed by atoms with Crippen molar-refractivity contribution in [1.82, 2.24) is 0 Å². The first-order valence-electron chi connectivity index (χ1n) is 7.95. The number of aliphatic hydroxyl groups is 1. The van der Waals surface area contributed by atoms with Gasteiger partial charge in [-0.1, -0.05) is 58.3 Å². The molecule has 1 unspecified atom stereocenters. The van der Waals surface area contributed by atoms with Crippen molar-refractivity contribution in [3.8, 4) is 0 Å². The number of carbonyl (C=O) groups is 1. The predicted molar refractivity (Wildman–Crippen MR) is 79.1 cm³/mol. The van der Waals surface area contributed by atoms with Crippen molar-refractivity contribution >= 4 is 5.97 Å². The second kappa shape index (κ2) is 13.9. The maximum Gasteiger partial charge on any atom is 0.305 e. The third-order valence-electron chi connectivity index (χ3n) is 3.54. The molecule has 0 amide bonds. The Kier molecular flexibility index (Phi) is 13.4. The van der Waals surface area contributed by atoms with Crippen LogP contribution in [-0.2, 0) is 9.53 Å². The molecule has 19 heavy (non-hydrogen) atoms. The van der Waals surface area contributed by atoms with Crippen LogP contribution in [0.15, 0.2) is 0 Å². The Hall–Kier alpha value is -0.570. The lowest BCUT2D eigenvalue weighted by molar-refractivity contribution is -0.140. The van der Waals surface area contributed by atoms with Crippen LogP contribution in [0.25, 0.3) is 0 Å². The topological polar surface area (TPSA) is 46.5 Å². The lowest BCUT2D eigenvalue weighted by Gasteiger charge is -2.10. The molecule has 0 saturated carbocycles. The van der Waals surface area contributed by atoms with E-state index in [9.17, 15) is 9.90 Å². The van der Waals surface area contributed by atoms with Gasteiger partial charge in [-0.3, -0.25) is 4.79 Å². The van der Waals surface area contributed by atoms with Gasteiger partial charge in [-0.2, -0.15) is 0 Å². The summed E-state index contributed by atoms with van der Waals surface area (Å²) in [5.74, 6) is -0.151. The van der Waals surface area contributed by atoms with Gasteiger partial charge in [-0.05, 0) is 19.3 Å². The maximum absolute atomic E-state index is 10.9. The highest BCUT2D eigenvalue weighted by molar-refractivity contribution is 5.68. The summed E-state index contributed by atoms with van der Waals surface area (Å²) in [6, 6.07) is 0. The van der Waals surface area contributed by atoms with Gasteiger partial charge < -0.3 is 9.84 Å². The second-order valence-corrected chi connectivity index (χ2v) is 5.39. The van der Waals surface area contributed by atoms with E-state index in [4.69, 9.17) is 0 Å². The lowest BCUT2D eigenvalue weighted by Crippen LogP contribution is -2.07. The SMILES string of the molecule is CCCCCCCCCC(O)CCCCC(=O)OC. The van der Waals surface area contributed by atoms with E-state index >= 15 is 0 Å². The quantitative estimate of drug-likeness (QED) is 0.403. The van der Waals surface area contributed by atoms with Crippen molar-refractivity contribution in [3.63, 3.8) is 0 Å². The molecule has 3 heteroatoms. The first kappa shape index (κ1) is 18.4. The zero-order valence-corrected chi connectivity index (χ0v) is 12.8. The predicted octanol–water partition coefficient (Wildman–Crippen LogP) is 4.22. The molecule has 0 spiro atoms. The Bertz CT molecular complexity index is 204. The van der Waals surface area contributed by atoms with Crippen molar-refractivity contribution in [1.29, 1.82) is 0 Å². The largest absolute Gasteiger partial charge is 0.469 e. The number of unbranched alkanes of at least 4 members (excludes halogenated alkanes) is 7. The minimum absolute atomic E-state index is 0.151. The fourth-order valence-electron chi connectivity index (χ4n) is 2.23. The van der Waals surface area contributed by atoms with Gasteiger partial charge in [0, 0.05) is 6.42 Å². The lowest BCUT2D eigenvalue weighted by atomic mass is 10.0. The molecule has 0 bridgehead atoms. The van der Waals surface area contributed by atoms with Gasteiger partial charge in [-0.15, -0.1) is 0 Å². The smallest absolute Gasteiger partial charge is 0.305 e. The van der Waals surface area contributed by atoms with Crippen LogP contribution in [0.4, 0.5) is 0 Å². The van der Waals surface area contributed by atoms with Crippen LogP contribution in [0.5, 0.6) is 0 Å². The summed E-state index contributed by atoms with van der Waals surface area (Å²) in [7, 11) is 1.41. The molecule has 1 atom stereocenters. The Morgan fingerprint density at radius 2 is 1.47 bits per heavy atom. The number of aliphatic hydroxyl groups excluding tert-OH is 1. The van der Waals surface area contributed by atoms with Crippen LogP contribution in [0, 0.1) is 0 Å². The highest BCUT2D eigenvalue weighted by Crippen LogP contribution is 2.13. The van der Waals surface area contributed by atoms with Gasteiger partial charge in [0.1, 0.15) is 0 Å². The van der Waals surface area contributed by atoms with Gasteiger partial charge in [-0.25, -0.2) is 0 Å². The zero-order valence-electron chi connectivity index (χ0n) is 12.8. The molecule has 3 nitrogen and oxygen atoms in total. The van der Waals surface area contributed by atoms with Crippen LogP contribution < -0.4 is 0 Å². The number of methoxy groups -OCH3 is 1. The van der Waals surface area contributed by atoms with E-state index in [1.165, 1.54) is 45.6 Å². The highest BCUT2D eigenvalue weighted by Gasteiger charge is 2.05. The fourth-order valence-corrected chi connectivity index (χ4v) is 2.23. The summed E-state index contributed by atoms with van der Waals surface area (Å²) in [6.07, 6.45) is 12.7. The second-order valence-electron chi connectivity index (χ2n) is 5.39. The van der Waals surface area contributed by atoms with E-state index in [1.54, 1.807) is 0 Å². The molecule has 0 rings (SSSR count). The monoisotopic (exact) mass is 272 g/mol. The van der Waals surface area contributed by atoms with Crippen molar-refractivity contribution in [2.45, 2.75) is 90.1 Å². The summed E-state index contributed by atoms with van der Waals surface area (Å²) in [5.41, 5.74) is 0. The van der Waals surface area contributed by atoms with Gasteiger partial charge in [0.2, 0.25) is 0 Å². The Labute approximate surface area is 118 Å². The Morgan fingerprint density at radius 3 is 2.05 bits per heavy atom. The van der Waals surface area contributed by atoms with Crippen molar-refractivity contribution in [3.05, 3.63) is 0 Å². The molecule has 0 radical (unpaired) electrons. The molecule has 0 aromatic rings. The number of hydrogen-bond donors (Lipinski definition) is 1. The van der Waals surface area contributed by atoms with E-state index in [-0.39, 0.29) is 12.1 Å². The zero-order chi connectivity index (χ0) is 14.3. The van der Waals surface area contributed by atoms with E-state index in [1.807, 2.05) is 0 Å². The van der Waals surface area contributed by atoms with E-state index in [0.717, 1.165) is 32.1 Å². The third-order valence-corrected chi connectivity index (χ3v) is 3.54. The van der Waals surface area contributed by atoms with Crippen molar-refractivity contribution in [2.24, 2.45) is 0 Å². The van der Waals surface area contributed by atoms with Crippen LogP contribution in [0.2, 0.25) is 0 Å². The van der Waals surface area contributed by atoms with Crippen LogP contribution in [-0.4, -0.2) is 24.3 Å². The van der Waals surface area contributed by atoms with Gasteiger partial charge in [0.25, 0.3) is 0 Å². The van der Waals surface area contributed by atoms with Crippen LogP contribution in [0.3, 0.4) is 0 Å². The highest BCUT2D eigenvalue weighted by atomic mass is 16.5. The summed E-state index contributed by atoms with van der Waals surface area (Å²) in [5, 5.41) is 9.80. The summed E-state index contributed by atoms with van der Waals surface area (Å²) in [6.45, 7) is 2.23. The first-order chi connectivity index (χ1) is 9.20. The van der Waals surface area contributed by atoms with Crippen molar-refractivity contribution < 1.29 is 14.6 Å². The molecule has 0 saturated heterocycles. The molecule has 0 fully saturated rings. The molecule has 0 heterocycles. The molecule has 0 aliphatic carbocycles. The molecule has 0 aromatic carbocycles. The molecular weight excluding hydrogens is 240 g/mol. The third kappa shape index (κ3) is 13.7. The normalized spacial score (nSPS) is 12.4. The molecule has 114 valence electrons. The number of ether oxygens (including phenoxy) is 1. The van der Waals surface area contributed by atoms with Crippen LogP contribution >= 0.6 is 0 Å². The summed E-state index contributed by atoms with van der Waals surface area (Å²) < 4.78 is 4.58. The van der Waals surface area contributed by atoms with Gasteiger partial charge in [0.05, 0.1) is 13.2 Å². The number of esters is 1. The van der Waals surface area contributed by atoms with Gasteiger partial charge in [0.15, 0.2) is 0 Å². The van der Waals surface area contributed by atoms with Crippen molar-refractivity contribution in [2.75, 3.05) is 7.11 Å². The first-order valence-corrected chi connectivity index (χ1v) is 7.95. The van der Waals surface area contributed by atoms with Crippen LogP contribution in [0.1, 0.15) is 84.0 Å². The maximum atomic E-state index is 10.9. The molecule has 0 aliphatic rings. The average molecular weight is 272 g/mol. The van der Waals surface area contributed by atoms with E-state index in [2.05, 4.69) is 11.7 Å². The number of rotatable bonds is 13. The Morgan fingerprint density at radius 1 is 0.947 bits per heavy atom. The minimum atomic E-state index is -0.187. The molecule has 0 aromatic heterocycles.